The monoisotopic (exact) mass is 325 g/mol. The van der Waals surface area contributed by atoms with Crippen molar-refractivity contribution in [3.8, 4) is 5.75 Å². The van der Waals surface area contributed by atoms with Crippen molar-refractivity contribution in [2.24, 2.45) is 0 Å². The number of methoxy groups -OCH3 is 1. The lowest BCUT2D eigenvalue weighted by Gasteiger charge is -2.11. The quantitative estimate of drug-likeness (QED) is 0.728. The second-order valence-corrected chi connectivity index (χ2v) is 5.57. The summed E-state index contributed by atoms with van der Waals surface area (Å²) >= 11 is 0. The van der Waals surface area contributed by atoms with E-state index in [4.69, 9.17) is 4.74 Å². The Labute approximate surface area is 138 Å². The average molecular weight is 325 g/mol. The van der Waals surface area contributed by atoms with Gasteiger partial charge in [-0.2, -0.15) is 0 Å². The number of hydrogen-bond acceptors (Lipinski definition) is 4. The molecule has 0 spiro atoms. The van der Waals surface area contributed by atoms with Crippen LogP contribution in [-0.4, -0.2) is 23.5 Å². The number of phenolic OH excluding ortho intramolecular Hbond substituents is 1. The minimum atomic E-state index is -0.274. The van der Waals surface area contributed by atoms with E-state index in [1.807, 2.05) is 6.07 Å². The number of aromatic hydroxyl groups is 1. The van der Waals surface area contributed by atoms with Crippen LogP contribution in [0.1, 0.15) is 27.0 Å². The summed E-state index contributed by atoms with van der Waals surface area (Å²) in [5.74, 6) is -0.405. The van der Waals surface area contributed by atoms with E-state index >= 15 is 0 Å². The normalized spacial score (nSPS) is 10.9. The number of rotatable bonds is 5. The summed E-state index contributed by atoms with van der Waals surface area (Å²) in [5.41, 5.74) is 3.22. The van der Waals surface area contributed by atoms with E-state index in [1.54, 1.807) is 31.5 Å². The minimum Gasteiger partial charge on any atom is -0.505 e. The van der Waals surface area contributed by atoms with E-state index in [9.17, 15) is 14.3 Å². The molecule has 0 atom stereocenters. The van der Waals surface area contributed by atoms with Gasteiger partial charge < -0.3 is 9.84 Å². The minimum absolute atomic E-state index is 0.131. The van der Waals surface area contributed by atoms with Gasteiger partial charge in [-0.3, -0.25) is 9.78 Å². The first kappa shape index (κ1) is 16.1. The van der Waals surface area contributed by atoms with Gasteiger partial charge in [0.2, 0.25) is 0 Å². The molecule has 4 nitrogen and oxygen atoms in total. The van der Waals surface area contributed by atoms with Crippen molar-refractivity contribution >= 4 is 17.2 Å². The van der Waals surface area contributed by atoms with Gasteiger partial charge in [0, 0.05) is 18.7 Å². The highest BCUT2D eigenvalue weighted by atomic mass is 19.1. The predicted octanol–water partition coefficient (Wildman–Crippen LogP) is 3.63. The number of pyridine rings is 1. The molecule has 0 fully saturated rings. The van der Waals surface area contributed by atoms with Crippen LogP contribution in [0.4, 0.5) is 4.39 Å². The molecule has 1 aromatic heterocycles. The van der Waals surface area contributed by atoms with Gasteiger partial charge in [-0.1, -0.05) is 12.1 Å². The van der Waals surface area contributed by atoms with Crippen molar-refractivity contribution < 1.29 is 19.0 Å². The lowest BCUT2D eigenvalue weighted by atomic mass is 10.00. The number of fused-ring (bicyclic) bond motifs is 1. The van der Waals surface area contributed by atoms with Gasteiger partial charge in [0.25, 0.3) is 0 Å². The van der Waals surface area contributed by atoms with Crippen LogP contribution in [0, 0.1) is 5.82 Å². The summed E-state index contributed by atoms with van der Waals surface area (Å²) in [4.78, 5) is 15.4. The number of ether oxygens (including phenoxy) is 1. The molecular formula is C19H16FNO3. The van der Waals surface area contributed by atoms with E-state index in [-0.39, 0.29) is 17.1 Å². The lowest BCUT2D eigenvalue weighted by Crippen LogP contribution is -1.97. The van der Waals surface area contributed by atoms with Crippen LogP contribution in [0.25, 0.3) is 10.9 Å². The first-order chi connectivity index (χ1) is 11.6. The van der Waals surface area contributed by atoms with Crippen LogP contribution in [0.5, 0.6) is 5.75 Å². The largest absolute Gasteiger partial charge is 0.505 e. The van der Waals surface area contributed by atoms with Crippen LogP contribution in [0.2, 0.25) is 0 Å². The Hall–Kier alpha value is -2.79. The van der Waals surface area contributed by atoms with Crippen molar-refractivity contribution in [1.82, 2.24) is 4.98 Å². The highest BCUT2D eigenvalue weighted by Gasteiger charge is 2.13. The van der Waals surface area contributed by atoms with E-state index in [1.165, 1.54) is 12.1 Å². The summed E-state index contributed by atoms with van der Waals surface area (Å²) < 4.78 is 18.2. The molecule has 0 amide bonds. The highest BCUT2D eigenvalue weighted by Crippen LogP contribution is 2.30. The number of carbonyl (C=O) groups excluding carboxylic acids is 1. The summed E-state index contributed by atoms with van der Waals surface area (Å²) in [5, 5.41) is 10.9. The first-order valence-electron chi connectivity index (χ1n) is 7.44. The van der Waals surface area contributed by atoms with Gasteiger partial charge in [-0.15, -0.1) is 0 Å². The molecule has 3 rings (SSSR count). The molecule has 0 aliphatic rings. The fourth-order valence-electron chi connectivity index (χ4n) is 2.71. The number of hydrogen-bond donors (Lipinski definition) is 1. The molecule has 122 valence electrons. The van der Waals surface area contributed by atoms with Crippen LogP contribution < -0.4 is 0 Å². The molecule has 0 saturated heterocycles. The number of nitrogens with zero attached hydrogens (tertiary/aromatic N) is 1. The maximum Gasteiger partial charge on any atom is 0.153 e. The molecule has 0 radical (unpaired) electrons. The summed E-state index contributed by atoms with van der Waals surface area (Å²) in [6.45, 7) is 0.305. The molecule has 0 aliphatic carbocycles. The van der Waals surface area contributed by atoms with Crippen LogP contribution >= 0.6 is 0 Å². The zero-order chi connectivity index (χ0) is 17.1. The van der Waals surface area contributed by atoms with E-state index < -0.39 is 0 Å². The van der Waals surface area contributed by atoms with E-state index in [2.05, 4.69) is 4.98 Å². The molecule has 0 aliphatic heterocycles. The van der Waals surface area contributed by atoms with E-state index in [0.717, 1.165) is 22.1 Å². The average Bonchev–Trinajstić information content (AvgIpc) is 2.59. The topological polar surface area (TPSA) is 59.4 Å². The highest BCUT2D eigenvalue weighted by molar-refractivity contribution is 5.95. The van der Waals surface area contributed by atoms with Gasteiger partial charge in [-0.05, 0) is 47.4 Å². The Morgan fingerprint density at radius 2 is 1.96 bits per heavy atom. The molecule has 24 heavy (non-hydrogen) atoms. The van der Waals surface area contributed by atoms with Crippen LogP contribution in [0.3, 0.4) is 0 Å². The standard InChI is InChI=1S/C19H16FNO3/c1-24-11-15-8-14(10-22)19(23)18-17(15)7-13(9-21-18)6-12-2-4-16(20)5-3-12/h2-5,7-10,23H,6,11H2,1H3. The Bertz CT molecular complexity index is 891. The Morgan fingerprint density at radius 1 is 1.21 bits per heavy atom. The van der Waals surface area contributed by atoms with Gasteiger partial charge in [-0.25, -0.2) is 4.39 Å². The zero-order valence-electron chi connectivity index (χ0n) is 13.1. The van der Waals surface area contributed by atoms with E-state index in [0.29, 0.717) is 24.8 Å². The molecule has 0 saturated carbocycles. The fraction of sp³-hybridized carbons (Fsp3) is 0.158. The molecule has 0 unspecified atom stereocenters. The molecule has 1 N–H and O–H groups in total. The van der Waals surface area contributed by atoms with Crippen LogP contribution in [0.15, 0.2) is 42.6 Å². The molecule has 5 heteroatoms. The number of benzene rings is 2. The van der Waals surface area contributed by atoms with Crippen molar-refractivity contribution in [2.45, 2.75) is 13.0 Å². The van der Waals surface area contributed by atoms with Crippen molar-refractivity contribution in [1.29, 1.82) is 0 Å². The number of aromatic nitrogens is 1. The van der Waals surface area contributed by atoms with Gasteiger partial charge in [0.05, 0.1) is 12.2 Å². The lowest BCUT2D eigenvalue weighted by molar-refractivity contribution is 0.112. The molecular weight excluding hydrogens is 309 g/mol. The molecule has 3 aromatic rings. The Morgan fingerprint density at radius 3 is 2.62 bits per heavy atom. The number of aldehydes is 1. The Kier molecular flexibility index (Phi) is 4.53. The third-order valence-corrected chi connectivity index (χ3v) is 3.87. The fourth-order valence-corrected chi connectivity index (χ4v) is 2.71. The van der Waals surface area contributed by atoms with Crippen molar-refractivity contribution in [3.05, 3.63) is 70.7 Å². The van der Waals surface area contributed by atoms with Crippen molar-refractivity contribution in [3.63, 3.8) is 0 Å². The molecule has 0 bridgehead atoms. The maximum absolute atomic E-state index is 13.0. The van der Waals surface area contributed by atoms with Crippen molar-refractivity contribution in [2.75, 3.05) is 7.11 Å². The van der Waals surface area contributed by atoms with Gasteiger partial charge in [0.15, 0.2) is 12.0 Å². The zero-order valence-corrected chi connectivity index (χ0v) is 13.1. The molecule has 2 aromatic carbocycles. The van der Waals surface area contributed by atoms with Crippen LogP contribution in [-0.2, 0) is 17.8 Å². The number of carbonyl (C=O) groups is 1. The maximum atomic E-state index is 13.0. The summed E-state index contributed by atoms with van der Waals surface area (Å²) in [6, 6.07) is 9.81. The first-order valence-corrected chi connectivity index (χ1v) is 7.44. The smallest absolute Gasteiger partial charge is 0.153 e. The second kappa shape index (κ2) is 6.76. The summed E-state index contributed by atoms with van der Waals surface area (Å²) in [6.07, 6.45) is 2.84. The predicted molar refractivity (Wildman–Crippen MR) is 88.7 cm³/mol. The van der Waals surface area contributed by atoms with Gasteiger partial charge in [0.1, 0.15) is 11.3 Å². The number of halogens is 1. The van der Waals surface area contributed by atoms with Gasteiger partial charge >= 0.3 is 0 Å². The second-order valence-electron chi connectivity index (χ2n) is 5.57. The SMILES string of the molecule is COCc1cc(C=O)c(O)c2ncc(Cc3ccc(F)cc3)cc12. The molecule has 1 heterocycles. The Balaban J connectivity index is 2.07. The third kappa shape index (κ3) is 3.12. The summed E-state index contributed by atoms with van der Waals surface area (Å²) in [7, 11) is 1.56. The number of phenols is 1. The third-order valence-electron chi connectivity index (χ3n) is 3.87.